The van der Waals surface area contributed by atoms with Gasteiger partial charge >= 0.3 is 0 Å². The van der Waals surface area contributed by atoms with Crippen LogP contribution in [0.1, 0.15) is 16.2 Å². The second-order valence-corrected chi connectivity index (χ2v) is 9.60. The zero-order chi connectivity index (χ0) is 22.4. The molecule has 1 aliphatic rings. The summed E-state index contributed by atoms with van der Waals surface area (Å²) in [6.07, 6.45) is 1.54. The normalized spacial score (nSPS) is 15.0. The van der Waals surface area contributed by atoms with E-state index in [2.05, 4.69) is 27.5 Å². The van der Waals surface area contributed by atoms with Crippen molar-refractivity contribution >= 4 is 44.0 Å². The smallest absolute Gasteiger partial charge is 0.289 e. The summed E-state index contributed by atoms with van der Waals surface area (Å²) in [4.78, 5) is 22.9. The van der Waals surface area contributed by atoms with E-state index in [9.17, 15) is 4.79 Å². The third kappa shape index (κ3) is 3.72. The molecule has 0 atom stereocenters. The average Bonchev–Trinajstić information content (AvgIpc) is 3.56. The summed E-state index contributed by atoms with van der Waals surface area (Å²) in [5.41, 5.74) is 4.40. The molecule has 8 heteroatoms. The number of halogens is 1. The van der Waals surface area contributed by atoms with Crippen LogP contribution in [0.25, 0.3) is 26.4 Å². The van der Waals surface area contributed by atoms with Crippen molar-refractivity contribution in [2.75, 3.05) is 26.2 Å². The van der Waals surface area contributed by atoms with Crippen molar-refractivity contribution in [2.45, 2.75) is 6.54 Å². The molecule has 0 saturated carbocycles. The Morgan fingerprint density at radius 3 is 2.61 bits per heavy atom. The van der Waals surface area contributed by atoms with Crippen LogP contribution in [0.15, 0.2) is 71.3 Å². The number of hydrogen-bond acceptors (Lipinski definition) is 5. The van der Waals surface area contributed by atoms with Crippen LogP contribution in [-0.2, 0) is 6.54 Å². The lowest BCUT2D eigenvalue weighted by molar-refractivity contribution is 0.0596. The highest BCUT2D eigenvalue weighted by Crippen LogP contribution is 2.35. The van der Waals surface area contributed by atoms with E-state index >= 15 is 0 Å². The van der Waals surface area contributed by atoms with Gasteiger partial charge < -0.3 is 9.32 Å². The summed E-state index contributed by atoms with van der Waals surface area (Å²) >= 11 is 7.90. The van der Waals surface area contributed by atoms with E-state index in [1.807, 2.05) is 35.2 Å². The van der Waals surface area contributed by atoms with Gasteiger partial charge in [0, 0.05) is 43.3 Å². The molecule has 2 aromatic carbocycles. The fraction of sp³-hybridized carbons (Fsp3) is 0.200. The highest BCUT2D eigenvalue weighted by atomic mass is 35.5. The summed E-state index contributed by atoms with van der Waals surface area (Å²) in [5.74, 6) is 0.354. The fourth-order valence-electron chi connectivity index (χ4n) is 4.45. The number of thiazole rings is 1. The highest BCUT2D eigenvalue weighted by Gasteiger charge is 2.26. The summed E-state index contributed by atoms with van der Waals surface area (Å²) in [6, 6.07) is 19.8. The third-order valence-corrected chi connectivity index (χ3v) is 7.36. The Kier molecular flexibility index (Phi) is 5.17. The summed E-state index contributed by atoms with van der Waals surface area (Å²) in [5, 5.41) is 0.731. The van der Waals surface area contributed by atoms with Crippen molar-refractivity contribution in [3.63, 3.8) is 0 Å². The predicted molar refractivity (Wildman–Crippen MR) is 131 cm³/mol. The number of imidazole rings is 1. The molecule has 6 rings (SSSR count). The number of rotatable bonds is 4. The molecule has 5 aromatic rings. The van der Waals surface area contributed by atoms with Gasteiger partial charge in [-0.15, -0.1) is 0 Å². The molecule has 166 valence electrons. The molecular weight excluding hydrogens is 456 g/mol. The summed E-state index contributed by atoms with van der Waals surface area (Å²) in [6.45, 7) is 3.68. The number of carbonyl (C=O) groups excluding carboxylic acids is 1. The molecule has 1 aliphatic heterocycles. The molecule has 0 unspecified atom stereocenters. The number of carbonyl (C=O) groups is 1. The second kappa shape index (κ2) is 8.33. The number of piperazine rings is 1. The SMILES string of the molecule is O=C(c1ccco1)N1CCN(Cc2c(-c3ccccc3)nc3sc4cc(Cl)ccc4n23)CC1. The van der Waals surface area contributed by atoms with E-state index in [1.165, 1.54) is 6.26 Å². The Morgan fingerprint density at radius 2 is 1.85 bits per heavy atom. The van der Waals surface area contributed by atoms with E-state index in [-0.39, 0.29) is 5.91 Å². The summed E-state index contributed by atoms with van der Waals surface area (Å²) < 4.78 is 8.68. The average molecular weight is 477 g/mol. The molecule has 0 aliphatic carbocycles. The van der Waals surface area contributed by atoms with Crippen LogP contribution in [0, 0.1) is 0 Å². The lowest BCUT2D eigenvalue weighted by atomic mass is 10.1. The highest BCUT2D eigenvalue weighted by molar-refractivity contribution is 7.23. The van der Waals surface area contributed by atoms with E-state index < -0.39 is 0 Å². The first-order valence-electron chi connectivity index (χ1n) is 10.9. The number of nitrogens with zero attached hydrogens (tertiary/aromatic N) is 4. The van der Waals surface area contributed by atoms with E-state index in [1.54, 1.807) is 23.5 Å². The zero-order valence-electron chi connectivity index (χ0n) is 17.8. The molecule has 6 nitrogen and oxygen atoms in total. The van der Waals surface area contributed by atoms with Crippen LogP contribution in [0.4, 0.5) is 0 Å². The maximum absolute atomic E-state index is 12.6. The van der Waals surface area contributed by atoms with Gasteiger partial charge in [0.25, 0.3) is 5.91 Å². The lowest BCUT2D eigenvalue weighted by Gasteiger charge is -2.34. The van der Waals surface area contributed by atoms with Crippen molar-refractivity contribution in [1.82, 2.24) is 19.2 Å². The van der Waals surface area contributed by atoms with Crippen LogP contribution < -0.4 is 0 Å². The molecular formula is C25H21ClN4O2S. The number of furan rings is 1. The van der Waals surface area contributed by atoms with Crippen LogP contribution in [0.3, 0.4) is 0 Å². The van der Waals surface area contributed by atoms with E-state index in [4.69, 9.17) is 21.0 Å². The molecule has 0 spiro atoms. The van der Waals surface area contributed by atoms with Crippen LogP contribution in [0.2, 0.25) is 5.02 Å². The van der Waals surface area contributed by atoms with Crippen LogP contribution in [-0.4, -0.2) is 51.3 Å². The topological polar surface area (TPSA) is 54.0 Å². The van der Waals surface area contributed by atoms with E-state index in [0.717, 1.165) is 56.8 Å². The van der Waals surface area contributed by atoms with Crippen molar-refractivity contribution in [1.29, 1.82) is 0 Å². The quantitative estimate of drug-likeness (QED) is 0.347. The van der Waals surface area contributed by atoms with Crippen LogP contribution >= 0.6 is 22.9 Å². The largest absolute Gasteiger partial charge is 0.459 e. The maximum Gasteiger partial charge on any atom is 0.289 e. The zero-order valence-corrected chi connectivity index (χ0v) is 19.4. The van der Waals surface area contributed by atoms with Crippen molar-refractivity contribution in [3.05, 3.63) is 83.4 Å². The van der Waals surface area contributed by atoms with Gasteiger partial charge in [-0.3, -0.25) is 14.1 Å². The van der Waals surface area contributed by atoms with Gasteiger partial charge in [-0.05, 0) is 30.3 Å². The molecule has 1 saturated heterocycles. The molecule has 1 fully saturated rings. The minimum atomic E-state index is -0.0444. The fourth-order valence-corrected chi connectivity index (χ4v) is 5.77. The Hall–Kier alpha value is -3.13. The number of hydrogen-bond donors (Lipinski definition) is 0. The van der Waals surface area contributed by atoms with Crippen molar-refractivity contribution in [3.8, 4) is 11.3 Å². The minimum absolute atomic E-state index is 0.0444. The first kappa shape index (κ1) is 20.5. The molecule has 3 aromatic heterocycles. The Morgan fingerprint density at radius 1 is 1.03 bits per heavy atom. The number of benzene rings is 2. The summed E-state index contributed by atoms with van der Waals surface area (Å²) in [7, 11) is 0. The molecule has 0 bridgehead atoms. The van der Waals surface area contributed by atoms with Gasteiger partial charge in [-0.2, -0.15) is 0 Å². The van der Waals surface area contributed by atoms with Gasteiger partial charge in [-0.25, -0.2) is 4.98 Å². The molecule has 1 amide bonds. The van der Waals surface area contributed by atoms with Gasteiger partial charge in [0.1, 0.15) is 0 Å². The Balaban J connectivity index is 1.33. The molecule has 4 heterocycles. The Bertz CT molecular complexity index is 1430. The Labute approximate surface area is 199 Å². The van der Waals surface area contributed by atoms with Crippen molar-refractivity contribution in [2.24, 2.45) is 0 Å². The lowest BCUT2D eigenvalue weighted by Crippen LogP contribution is -2.48. The number of fused-ring (bicyclic) bond motifs is 3. The van der Waals surface area contributed by atoms with Gasteiger partial charge in [0.2, 0.25) is 0 Å². The van der Waals surface area contributed by atoms with E-state index in [0.29, 0.717) is 18.8 Å². The molecule has 0 N–H and O–H groups in total. The first-order valence-corrected chi connectivity index (χ1v) is 12.1. The van der Waals surface area contributed by atoms with Crippen molar-refractivity contribution < 1.29 is 9.21 Å². The molecule has 33 heavy (non-hydrogen) atoms. The number of aromatic nitrogens is 2. The van der Waals surface area contributed by atoms with Crippen LogP contribution in [0.5, 0.6) is 0 Å². The van der Waals surface area contributed by atoms with Gasteiger partial charge in [-0.1, -0.05) is 53.3 Å². The third-order valence-electron chi connectivity index (χ3n) is 6.12. The predicted octanol–water partition coefficient (Wildman–Crippen LogP) is 5.42. The minimum Gasteiger partial charge on any atom is -0.459 e. The number of amides is 1. The second-order valence-electron chi connectivity index (χ2n) is 8.15. The standard InChI is InChI=1S/C25H21ClN4O2S/c26-18-8-9-19-22(15-18)33-25-27-23(17-5-2-1-3-6-17)20(30(19)25)16-28-10-12-29(13-11-28)24(31)21-7-4-14-32-21/h1-9,14-15H,10-13,16H2. The van der Waals surface area contributed by atoms with Gasteiger partial charge in [0.15, 0.2) is 10.7 Å². The molecule has 0 radical (unpaired) electrons. The maximum atomic E-state index is 12.6. The monoisotopic (exact) mass is 476 g/mol. The van der Waals surface area contributed by atoms with Gasteiger partial charge in [0.05, 0.1) is 27.9 Å². The first-order chi connectivity index (χ1) is 16.2.